The van der Waals surface area contributed by atoms with Crippen LogP contribution in [-0.2, 0) is 14.3 Å². The lowest BCUT2D eigenvalue weighted by Gasteiger charge is -2.17. The van der Waals surface area contributed by atoms with Crippen LogP contribution in [0.4, 0.5) is 5.82 Å². The topological polar surface area (TPSA) is 143 Å². The Labute approximate surface area is 131 Å². The molecule has 10 nitrogen and oxygen atoms in total. The molecule has 0 amide bonds. The minimum absolute atomic E-state index is 0.0679. The molecule has 0 bridgehead atoms. The lowest BCUT2D eigenvalue weighted by atomic mass is 10.1. The van der Waals surface area contributed by atoms with Gasteiger partial charge in [0.25, 0.3) is 0 Å². The third-order valence-electron chi connectivity index (χ3n) is 3.42. The number of aromatic nitrogens is 2. The fourth-order valence-corrected chi connectivity index (χ4v) is 2.10. The summed E-state index contributed by atoms with van der Waals surface area (Å²) in [5, 5.41) is 28.7. The number of hydrogen-bond acceptors (Lipinski definition) is 9. The van der Waals surface area contributed by atoms with E-state index in [1.165, 1.54) is 12.3 Å². The Bertz CT molecular complexity index is 618. The van der Waals surface area contributed by atoms with Gasteiger partial charge in [0.05, 0.1) is 5.92 Å². The van der Waals surface area contributed by atoms with E-state index in [0.29, 0.717) is 0 Å². The zero-order valence-electron chi connectivity index (χ0n) is 12.6. The molecule has 4 N–H and O–H groups in total. The van der Waals surface area contributed by atoms with E-state index in [1.807, 2.05) is 0 Å². The summed E-state index contributed by atoms with van der Waals surface area (Å²) < 4.78 is 11.4. The summed E-state index contributed by atoms with van der Waals surface area (Å²) >= 11 is 0. The summed E-state index contributed by atoms with van der Waals surface area (Å²) in [5.74, 6) is -0.864. The van der Waals surface area contributed by atoms with E-state index in [2.05, 4.69) is 4.98 Å². The fraction of sp³-hybridized carbons (Fsp3) is 0.615. The van der Waals surface area contributed by atoms with Crippen molar-refractivity contribution in [3.8, 4) is 0 Å². The molecule has 2 rings (SSSR count). The SMILES string of the molecule is CC(C)C(=O)OC[C@@H]1O[C@H](n2ccc(NO)nc2=O)[C@@H](O)[C@H]1O. The quantitative estimate of drug-likeness (QED) is 0.389. The van der Waals surface area contributed by atoms with Gasteiger partial charge in [0.2, 0.25) is 0 Å². The maximum absolute atomic E-state index is 11.8. The van der Waals surface area contributed by atoms with Crippen LogP contribution in [0.5, 0.6) is 0 Å². The van der Waals surface area contributed by atoms with E-state index in [1.54, 1.807) is 19.3 Å². The van der Waals surface area contributed by atoms with Crippen molar-refractivity contribution in [3.63, 3.8) is 0 Å². The number of carbonyl (C=O) groups excluding carboxylic acids is 1. The van der Waals surface area contributed by atoms with Crippen molar-refractivity contribution in [1.29, 1.82) is 0 Å². The first-order valence-electron chi connectivity index (χ1n) is 7.02. The third kappa shape index (κ3) is 3.67. The average Bonchev–Trinajstić information content (AvgIpc) is 2.80. The highest BCUT2D eigenvalue weighted by Crippen LogP contribution is 2.28. The van der Waals surface area contributed by atoms with Crippen LogP contribution in [0, 0.1) is 5.92 Å². The van der Waals surface area contributed by atoms with Crippen LogP contribution < -0.4 is 11.2 Å². The minimum Gasteiger partial charge on any atom is -0.463 e. The molecule has 1 fully saturated rings. The molecule has 1 saturated heterocycles. The van der Waals surface area contributed by atoms with Crippen molar-refractivity contribution in [2.24, 2.45) is 5.92 Å². The average molecular weight is 329 g/mol. The predicted molar refractivity (Wildman–Crippen MR) is 75.6 cm³/mol. The monoisotopic (exact) mass is 329 g/mol. The van der Waals surface area contributed by atoms with Gasteiger partial charge in [0.1, 0.15) is 24.9 Å². The van der Waals surface area contributed by atoms with Gasteiger partial charge in [-0.3, -0.25) is 20.0 Å². The number of carbonyl (C=O) groups is 1. The van der Waals surface area contributed by atoms with Crippen molar-refractivity contribution < 1.29 is 29.7 Å². The van der Waals surface area contributed by atoms with Crippen LogP contribution in [0.2, 0.25) is 0 Å². The highest BCUT2D eigenvalue weighted by molar-refractivity contribution is 5.71. The number of nitrogens with zero attached hydrogens (tertiary/aromatic N) is 2. The molecule has 0 saturated carbocycles. The highest BCUT2D eigenvalue weighted by atomic mass is 16.6. The number of aliphatic hydroxyl groups is 2. The second kappa shape index (κ2) is 7.04. The summed E-state index contributed by atoms with van der Waals surface area (Å²) in [5.41, 5.74) is 0.931. The van der Waals surface area contributed by atoms with Gasteiger partial charge in [-0.25, -0.2) is 4.79 Å². The Kier molecular flexibility index (Phi) is 5.31. The van der Waals surface area contributed by atoms with Crippen molar-refractivity contribution in [2.75, 3.05) is 12.1 Å². The first-order valence-corrected chi connectivity index (χ1v) is 7.02. The van der Waals surface area contributed by atoms with Gasteiger partial charge in [0, 0.05) is 6.20 Å². The van der Waals surface area contributed by atoms with Gasteiger partial charge in [-0.1, -0.05) is 13.8 Å². The zero-order valence-corrected chi connectivity index (χ0v) is 12.6. The Morgan fingerprint density at radius 2 is 2.17 bits per heavy atom. The van der Waals surface area contributed by atoms with Gasteiger partial charge in [-0.05, 0) is 6.07 Å². The normalized spacial score (nSPS) is 27.2. The Hall–Kier alpha value is -2.01. The summed E-state index contributed by atoms with van der Waals surface area (Å²) in [6, 6.07) is 1.29. The number of ether oxygens (including phenoxy) is 2. The summed E-state index contributed by atoms with van der Waals surface area (Å²) in [6.45, 7) is 3.08. The van der Waals surface area contributed by atoms with Crippen molar-refractivity contribution in [3.05, 3.63) is 22.7 Å². The molecule has 0 aromatic carbocycles. The smallest absolute Gasteiger partial charge is 0.351 e. The molecule has 1 aromatic heterocycles. The summed E-state index contributed by atoms with van der Waals surface area (Å²) in [7, 11) is 0. The molecular formula is C13H19N3O7. The Morgan fingerprint density at radius 1 is 1.48 bits per heavy atom. The van der Waals surface area contributed by atoms with Crippen LogP contribution in [0.25, 0.3) is 0 Å². The Morgan fingerprint density at radius 3 is 2.74 bits per heavy atom. The molecule has 1 aliphatic heterocycles. The van der Waals surface area contributed by atoms with Gasteiger partial charge in [-0.15, -0.1) is 0 Å². The molecule has 128 valence electrons. The third-order valence-corrected chi connectivity index (χ3v) is 3.42. The number of esters is 1. The molecule has 0 spiro atoms. The molecule has 23 heavy (non-hydrogen) atoms. The minimum atomic E-state index is -1.40. The van der Waals surface area contributed by atoms with E-state index < -0.39 is 36.2 Å². The molecule has 1 aliphatic rings. The van der Waals surface area contributed by atoms with Crippen LogP contribution >= 0.6 is 0 Å². The standard InChI is InChI=1S/C13H19N3O7/c1-6(2)12(19)22-5-7-9(17)10(18)11(23-7)16-4-3-8(15-21)14-13(16)20/h3-4,6-7,9-11,17-18,21H,5H2,1-2H3,(H,14,15,20)/t7-,9-,10-,11-/m0/s1. The van der Waals surface area contributed by atoms with Gasteiger partial charge in [-0.2, -0.15) is 4.98 Å². The molecule has 0 aliphatic carbocycles. The number of aliphatic hydroxyl groups excluding tert-OH is 2. The molecular weight excluding hydrogens is 310 g/mol. The fourth-order valence-electron chi connectivity index (χ4n) is 2.10. The maximum Gasteiger partial charge on any atom is 0.351 e. The van der Waals surface area contributed by atoms with Crippen LogP contribution in [0.15, 0.2) is 17.1 Å². The van der Waals surface area contributed by atoms with E-state index in [0.717, 1.165) is 4.57 Å². The van der Waals surface area contributed by atoms with Crippen molar-refractivity contribution in [1.82, 2.24) is 9.55 Å². The molecule has 10 heteroatoms. The largest absolute Gasteiger partial charge is 0.463 e. The first kappa shape index (κ1) is 17.3. The number of rotatable bonds is 5. The zero-order chi connectivity index (χ0) is 17.1. The summed E-state index contributed by atoms with van der Waals surface area (Å²) in [4.78, 5) is 26.8. The lowest BCUT2D eigenvalue weighted by molar-refractivity contribution is -0.153. The van der Waals surface area contributed by atoms with Crippen LogP contribution in [0.3, 0.4) is 0 Å². The van der Waals surface area contributed by atoms with E-state index in [-0.39, 0.29) is 18.3 Å². The molecule has 2 heterocycles. The second-order valence-corrected chi connectivity index (χ2v) is 5.45. The van der Waals surface area contributed by atoms with Gasteiger partial charge in [0.15, 0.2) is 12.0 Å². The van der Waals surface area contributed by atoms with Gasteiger partial charge < -0.3 is 19.7 Å². The molecule has 4 atom stereocenters. The molecule has 0 radical (unpaired) electrons. The number of anilines is 1. The van der Waals surface area contributed by atoms with E-state index >= 15 is 0 Å². The molecule has 1 aromatic rings. The van der Waals surface area contributed by atoms with E-state index in [4.69, 9.17) is 14.7 Å². The van der Waals surface area contributed by atoms with Gasteiger partial charge >= 0.3 is 11.7 Å². The lowest BCUT2D eigenvalue weighted by Crippen LogP contribution is -2.36. The van der Waals surface area contributed by atoms with E-state index in [9.17, 15) is 19.8 Å². The second-order valence-electron chi connectivity index (χ2n) is 5.45. The highest BCUT2D eigenvalue weighted by Gasteiger charge is 2.44. The Balaban J connectivity index is 2.10. The number of nitrogens with one attached hydrogen (secondary N) is 1. The van der Waals surface area contributed by atoms with Crippen LogP contribution in [0.1, 0.15) is 20.1 Å². The molecule has 0 unspecified atom stereocenters. The van der Waals surface area contributed by atoms with Crippen molar-refractivity contribution >= 4 is 11.8 Å². The first-order chi connectivity index (χ1) is 10.8. The van der Waals surface area contributed by atoms with Crippen molar-refractivity contribution in [2.45, 2.75) is 38.4 Å². The van der Waals surface area contributed by atoms with Crippen LogP contribution in [-0.4, -0.2) is 55.9 Å². The predicted octanol–water partition coefficient (Wildman–Crippen LogP) is -1.14. The number of hydrogen-bond donors (Lipinski definition) is 4. The maximum atomic E-state index is 11.8. The summed E-state index contributed by atoms with van der Waals surface area (Å²) in [6.07, 6.45) is -3.63.